The van der Waals surface area contributed by atoms with Gasteiger partial charge in [-0.2, -0.15) is 0 Å². The number of nitro groups is 1. The van der Waals surface area contributed by atoms with Crippen molar-refractivity contribution in [1.82, 2.24) is 9.80 Å². The zero-order valence-electron chi connectivity index (χ0n) is 11.9. The van der Waals surface area contributed by atoms with Gasteiger partial charge in [0.2, 0.25) is 5.91 Å². The molecule has 1 aliphatic heterocycles. The summed E-state index contributed by atoms with van der Waals surface area (Å²) in [6.07, 6.45) is 0.896. The Bertz CT molecular complexity index is 549. The van der Waals surface area contributed by atoms with Crippen LogP contribution in [0.3, 0.4) is 0 Å². The standard InChI is InChI=1S/C13H19N5O3/c1-16-5-2-6-17(9-13(16)19)8-10-3-4-11(15-14)12(7-10)18(20)21/h3-4,7,15H,2,5-6,8-9,14H2,1H3. The van der Waals surface area contributed by atoms with Crippen molar-refractivity contribution in [3.8, 4) is 0 Å². The molecule has 1 aromatic rings. The molecule has 1 aliphatic rings. The fourth-order valence-corrected chi connectivity index (χ4v) is 2.39. The molecule has 0 aliphatic carbocycles. The smallest absolute Gasteiger partial charge is 0.293 e. The highest BCUT2D eigenvalue weighted by atomic mass is 16.6. The molecule has 114 valence electrons. The average molecular weight is 293 g/mol. The van der Waals surface area contributed by atoms with E-state index >= 15 is 0 Å². The Kier molecular flexibility index (Phi) is 4.71. The van der Waals surface area contributed by atoms with E-state index < -0.39 is 4.92 Å². The molecule has 0 radical (unpaired) electrons. The number of nitrogens with one attached hydrogen (secondary N) is 1. The fourth-order valence-electron chi connectivity index (χ4n) is 2.39. The van der Waals surface area contributed by atoms with Crippen LogP contribution in [0, 0.1) is 10.1 Å². The summed E-state index contributed by atoms with van der Waals surface area (Å²) in [4.78, 5) is 26.1. The number of benzene rings is 1. The zero-order chi connectivity index (χ0) is 15.4. The van der Waals surface area contributed by atoms with E-state index in [1.54, 1.807) is 24.1 Å². The topological polar surface area (TPSA) is 105 Å². The molecule has 1 heterocycles. The molecule has 0 spiro atoms. The van der Waals surface area contributed by atoms with Crippen molar-refractivity contribution in [2.75, 3.05) is 32.1 Å². The third-order valence-electron chi connectivity index (χ3n) is 3.57. The number of rotatable bonds is 4. The normalized spacial score (nSPS) is 16.7. The third-order valence-corrected chi connectivity index (χ3v) is 3.57. The first-order valence-corrected chi connectivity index (χ1v) is 6.71. The Morgan fingerprint density at radius 2 is 2.19 bits per heavy atom. The van der Waals surface area contributed by atoms with E-state index in [1.165, 1.54) is 6.07 Å². The van der Waals surface area contributed by atoms with E-state index in [4.69, 9.17) is 5.84 Å². The summed E-state index contributed by atoms with van der Waals surface area (Å²) >= 11 is 0. The quantitative estimate of drug-likeness (QED) is 0.477. The van der Waals surface area contributed by atoms with Crippen LogP contribution in [0.15, 0.2) is 18.2 Å². The largest absolute Gasteiger partial charge is 0.345 e. The van der Waals surface area contributed by atoms with Crippen LogP contribution < -0.4 is 11.3 Å². The number of hydrogen-bond donors (Lipinski definition) is 2. The maximum Gasteiger partial charge on any atom is 0.293 e. The molecule has 21 heavy (non-hydrogen) atoms. The van der Waals surface area contributed by atoms with E-state index in [2.05, 4.69) is 5.43 Å². The molecule has 3 N–H and O–H groups in total. The molecule has 1 amide bonds. The highest BCUT2D eigenvalue weighted by Crippen LogP contribution is 2.25. The second kappa shape index (κ2) is 6.51. The molecule has 1 aromatic carbocycles. The fraction of sp³-hybridized carbons (Fsp3) is 0.462. The maximum absolute atomic E-state index is 11.8. The number of nitrogens with zero attached hydrogens (tertiary/aromatic N) is 3. The molecule has 1 fully saturated rings. The van der Waals surface area contributed by atoms with E-state index in [-0.39, 0.29) is 17.3 Å². The Morgan fingerprint density at radius 3 is 2.86 bits per heavy atom. The van der Waals surface area contributed by atoms with Gasteiger partial charge in [-0.1, -0.05) is 6.07 Å². The monoisotopic (exact) mass is 293 g/mol. The minimum absolute atomic E-state index is 0.0618. The summed E-state index contributed by atoms with van der Waals surface area (Å²) in [5.41, 5.74) is 3.32. The Labute approximate surface area is 122 Å². The van der Waals surface area contributed by atoms with Gasteiger partial charge in [0.25, 0.3) is 5.69 Å². The Morgan fingerprint density at radius 1 is 1.43 bits per heavy atom. The summed E-state index contributed by atoms with van der Waals surface area (Å²) in [6.45, 7) is 2.37. The molecule has 2 rings (SSSR count). The number of carbonyl (C=O) groups excluding carboxylic acids is 1. The minimum atomic E-state index is -0.472. The number of hydrogen-bond acceptors (Lipinski definition) is 6. The van der Waals surface area contributed by atoms with Crippen molar-refractivity contribution in [2.24, 2.45) is 5.84 Å². The van der Waals surface area contributed by atoms with E-state index in [0.29, 0.717) is 13.1 Å². The number of hydrazine groups is 1. The van der Waals surface area contributed by atoms with Gasteiger partial charge in [0.1, 0.15) is 5.69 Å². The van der Waals surface area contributed by atoms with Gasteiger partial charge in [0.15, 0.2) is 0 Å². The lowest BCUT2D eigenvalue weighted by Crippen LogP contribution is -2.34. The number of nitro benzene ring substituents is 1. The number of carbonyl (C=O) groups is 1. The van der Waals surface area contributed by atoms with Crippen LogP contribution in [0.5, 0.6) is 0 Å². The van der Waals surface area contributed by atoms with Crippen LogP contribution in [-0.2, 0) is 11.3 Å². The predicted molar refractivity (Wildman–Crippen MR) is 78.4 cm³/mol. The molecular weight excluding hydrogens is 274 g/mol. The maximum atomic E-state index is 11.8. The SMILES string of the molecule is CN1CCCN(Cc2ccc(NN)c([N+](=O)[O-])c2)CC1=O. The van der Waals surface area contributed by atoms with Crippen LogP contribution in [-0.4, -0.2) is 47.3 Å². The van der Waals surface area contributed by atoms with E-state index in [9.17, 15) is 14.9 Å². The van der Waals surface area contributed by atoms with Gasteiger partial charge in [-0.3, -0.25) is 25.7 Å². The zero-order valence-corrected chi connectivity index (χ0v) is 11.9. The van der Waals surface area contributed by atoms with Gasteiger partial charge in [0.05, 0.1) is 11.5 Å². The van der Waals surface area contributed by atoms with Gasteiger partial charge in [-0.05, 0) is 18.1 Å². The molecule has 1 saturated heterocycles. The van der Waals surface area contributed by atoms with E-state index in [1.807, 2.05) is 4.90 Å². The van der Waals surface area contributed by atoms with Gasteiger partial charge in [0, 0.05) is 32.7 Å². The number of amides is 1. The third kappa shape index (κ3) is 3.67. The predicted octanol–water partition coefficient (Wildman–Crippen LogP) is 0.544. The summed E-state index contributed by atoms with van der Waals surface area (Å²) in [5.74, 6) is 5.33. The second-order valence-electron chi connectivity index (χ2n) is 5.13. The van der Waals surface area contributed by atoms with Crippen molar-refractivity contribution >= 4 is 17.3 Å². The van der Waals surface area contributed by atoms with Gasteiger partial charge in [-0.15, -0.1) is 0 Å². The molecule has 8 heteroatoms. The molecule has 8 nitrogen and oxygen atoms in total. The molecular formula is C13H19N5O3. The number of nitrogens with two attached hydrogens (primary N) is 1. The number of likely N-dealkylation sites (N-methyl/N-ethyl adjacent to an activating group) is 1. The van der Waals surface area contributed by atoms with Crippen molar-refractivity contribution in [2.45, 2.75) is 13.0 Å². The van der Waals surface area contributed by atoms with Crippen LogP contribution in [0.1, 0.15) is 12.0 Å². The first-order valence-electron chi connectivity index (χ1n) is 6.71. The van der Waals surface area contributed by atoms with Crippen molar-refractivity contribution in [1.29, 1.82) is 0 Å². The van der Waals surface area contributed by atoms with Crippen LogP contribution >= 0.6 is 0 Å². The number of nitrogen functional groups attached to an aromatic ring is 1. The molecule has 0 saturated carbocycles. The minimum Gasteiger partial charge on any atom is -0.345 e. The van der Waals surface area contributed by atoms with Gasteiger partial charge in [-0.25, -0.2) is 0 Å². The summed E-state index contributed by atoms with van der Waals surface area (Å²) in [6, 6.07) is 4.86. The lowest BCUT2D eigenvalue weighted by Gasteiger charge is -2.19. The highest BCUT2D eigenvalue weighted by Gasteiger charge is 2.20. The Hall–Kier alpha value is -2.19. The highest BCUT2D eigenvalue weighted by molar-refractivity contribution is 5.78. The summed E-state index contributed by atoms with van der Waals surface area (Å²) in [5, 5.41) is 11.0. The first-order chi connectivity index (χ1) is 10.0. The Balaban J connectivity index is 2.14. The average Bonchev–Trinajstić information content (AvgIpc) is 2.61. The molecule has 0 bridgehead atoms. The first kappa shape index (κ1) is 15.2. The lowest BCUT2D eigenvalue weighted by molar-refractivity contribution is -0.384. The van der Waals surface area contributed by atoms with Crippen LogP contribution in [0.25, 0.3) is 0 Å². The lowest BCUT2D eigenvalue weighted by atomic mass is 10.1. The number of anilines is 1. The summed E-state index contributed by atoms with van der Waals surface area (Å²) in [7, 11) is 1.79. The van der Waals surface area contributed by atoms with Gasteiger partial charge >= 0.3 is 0 Å². The molecule has 0 atom stereocenters. The second-order valence-corrected chi connectivity index (χ2v) is 5.13. The van der Waals surface area contributed by atoms with Crippen LogP contribution in [0.2, 0.25) is 0 Å². The van der Waals surface area contributed by atoms with Crippen LogP contribution in [0.4, 0.5) is 11.4 Å². The van der Waals surface area contributed by atoms with Crippen molar-refractivity contribution in [3.05, 3.63) is 33.9 Å². The van der Waals surface area contributed by atoms with E-state index in [0.717, 1.165) is 25.1 Å². The molecule has 0 aromatic heterocycles. The summed E-state index contributed by atoms with van der Waals surface area (Å²) < 4.78 is 0. The van der Waals surface area contributed by atoms with Gasteiger partial charge < -0.3 is 10.3 Å². The van der Waals surface area contributed by atoms with Crippen molar-refractivity contribution in [3.63, 3.8) is 0 Å². The molecule has 0 unspecified atom stereocenters. The van der Waals surface area contributed by atoms with Crippen molar-refractivity contribution < 1.29 is 9.72 Å².